The Hall–Kier alpha value is -2.34. The zero-order chi connectivity index (χ0) is 27.3. The summed E-state index contributed by atoms with van der Waals surface area (Å²) >= 11 is 0. The number of aryl methyl sites for hydroxylation is 2. The number of carbonyl (C=O) groups is 2. The van der Waals surface area contributed by atoms with E-state index in [2.05, 4.69) is 6.92 Å². The van der Waals surface area contributed by atoms with E-state index in [0.29, 0.717) is 18.6 Å². The smallest absolute Gasteiger partial charge is 0.303 e. The molecule has 0 aliphatic heterocycles. The highest BCUT2D eigenvalue weighted by Crippen LogP contribution is 2.24. The van der Waals surface area contributed by atoms with Crippen LogP contribution >= 0.6 is 0 Å². The maximum Gasteiger partial charge on any atom is 0.303 e. The van der Waals surface area contributed by atoms with E-state index in [1.807, 2.05) is 24.3 Å². The lowest BCUT2D eigenvalue weighted by Crippen LogP contribution is -2.21. The van der Waals surface area contributed by atoms with Crippen molar-refractivity contribution in [2.24, 2.45) is 0 Å². The Morgan fingerprint density at radius 1 is 0.919 bits per heavy atom. The molecule has 37 heavy (non-hydrogen) atoms. The number of aliphatic hydroxyl groups excluding tert-OH is 1. The highest BCUT2D eigenvalue weighted by Gasteiger charge is 2.09. The van der Waals surface area contributed by atoms with E-state index < -0.39 is 5.97 Å². The van der Waals surface area contributed by atoms with Gasteiger partial charge in [-0.3, -0.25) is 9.59 Å². The summed E-state index contributed by atoms with van der Waals surface area (Å²) in [5, 5.41) is 19.3. The van der Waals surface area contributed by atoms with Crippen LogP contribution in [0.25, 0.3) is 0 Å². The van der Waals surface area contributed by atoms with E-state index in [0.717, 1.165) is 68.9 Å². The van der Waals surface area contributed by atoms with Gasteiger partial charge in [-0.1, -0.05) is 64.0 Å². The quantitative estimate of drug-likeness (QED) is 0.127. The molecule has 0 bridgehead atoms. The van der Waals surface area contributed by atoms with E-state index in [9.17, 15) is 14.7 Å². The van der Waals surface area contributed by atoms with Crippen LogP contribution in [-0.2, 0) is 22.4 Å². The minimum Gasteiger partial charge on any atom is -0.481 e. The molecule has 1 aromatic carbocycles. The maximum absolute atomic E-state index is 11.7. The van der Waals surface area contributed by atoms with E-state index in [-0.39, 0.29) is 18.4 Å². The van der Waals surface area contributed by atoms with E-state index >= 15 is 0 Å². The largest absolute Gasteiger partial charge is 0.481 e. The third kappa shape index (κ3) is 16.9. The minimum absolute atomic E-state index is 0.0575. The highest BCUT2D eigenvalue weighted by atomic mass is 16.5. The molecule has 1 unspecified atom stereocenters. The van der Waals surface area contributed by atoms with Gasteiger partial charge in [-0.05, 0) is 74.6 Å². The van der Waals surface area contributed by atoms with Crippen LogP contribution in [0, 0.1) is 0 Å². The van der Waals surface area contributed by atoms with Gasteiger partial charge in [0, 0.05) is 26.9 Å². The third-order valence-electron chi connectivity index (χ3n) is 6.68. The maximum atomic E-state index is 11.7. The number of amides is 1. The summed E-state index contributed by atoms with van der Waals surface area (Å²) in [4.78, 5) is 24.5. The SMILES string of the molecule is CCCCCCCCC(O)CCCC/C=C/Oc1ccc(CCCCC(=O)N(C)C)cc1CCC(=O)O. The van der Waals surface area contributed by atoms with Crippen molar-refractivity contribution in [1.82, 2.24) is 4.90 Å². The Kier molecular flexibility index (Phi) is 18.3. The molecule has 0 spiro atoms. The van der Waals surface area contributed by atoms with E-state index in [4.69, 9.17) is 9.84 Å². The van der Waals surface area contributed by atoms with E-state index in [1.54, 1.807) is 25.3 Å². The average Bonchev–Trinajstić information content (AvgIpc) is 2.87. The number of carboxylic acid groups (broad SMARTS) is 1. The van der Waals surface area contributed by atoms with Gasteiger partial charge in [0.1, 0.15) is 5.75 Å². The Bertz CT molecular complexity index is 790. The number of carbonyl (C=O) groups excluding carboxylic acids is 1. The summed E-state index contributed by atoms with van der Waals surface area (Å²) in [5.74, 6) is 0.00759. The number of aliphatic carboxylic acids is 1. The predicted molar refractivity (Wildman–Crippen MR) is 151 cm³/mol. The number of hydrogen-bond acceptors (Lipinski definition) is 4. The molecular weight excluding hydrogens is 466 g/mol. The molecule has 6 heteroatoms. The normalized spacial score (nSPS) is 12.1. The van der Waals surface area contributed by atoms with Gasteiger partial charge in [-0.2, -0.15) is 0 Å². The molecule has 0 heterocycles. The van der Waals surface area contributed by atoms with Crippen LogP contribution < -0.4 is 4.74 Å². The van der Waals surface area contributed by atoms with E-state index in [1.165, 1.54) is 32.1 Å². The lowest BCUT2D eigenvalue weighted by Gasteiger charge is -2.12. The zero-order valence-electron chi connectivity index (χ0n) is 23.6. The van der Waals surface area contributed by atoms with Crippen molar-refractivity contribution >= 4 is 11.9 Å². The van der Waals surface area contributed by atoms with Gasteiger partial charge in [-0.15, -0.1) is 0 Å². The summed E-state index contributed by atoms with van der Waals surface area (Å²) < 4.78 is 5.86. The van der Waals surface area contributed by atoms with Crippen LogP contribution in [0.5, 0.6) is 5.75 Å². The van der Waals surface area contributed by atoms with Crippen LogP contribution in [0.2, 0.25) is 0 Å². The standard InChI is InChI=1S/C31H51NO5/c1-4-5-6-7-8-11-17-28(33)18-12-9-10-15-24-37-29-22-20-26(25-27(29)21-23-31(35)36)16-13-14-19-30(34)32(2)3/h15,20,22,24-25,28,33H,4-14,16-19,21,23H2,1-3H3,(H,35,36)/b24-15+. The summed E-state index contributed by atoms with van der Waals surface area (Å²) in [6, 6.07) is 5.97. The number of unbranched alkanes of at least 4 members (excludes halogenated alkanes) is 8. The third-order valence-corrected chi connectivity index (χ3v) is 6.68. The fourth-order valence-electron chi connectivity index (χ4n) is 4.31. The molecule has 210 valence electrons. The first-order chi connectivity index (χ1) is 17.8. The number of aliphatic hydroxyl groups is 1. The molecule has 0 saturated heterocycles. The van der Waals surface area contributed by atoms with Crippen LogP contribution in [0.15, 0.2) is 30.5 Å². The average molecular weight is 518 g/mol. The second kappa shape index (κ2) is 20.7. The van der Waals surface area contributed by atoms with Crippen LogP contribution in [-0.4, -0.2) is 47.2 Å². The summed E-state index contributed by atoms with van der Waals surface area (Å²) in [6.07, 6.45) is 19.3. The topological polar surface area (TPSA) is 87.1 Å². The highest BCUT2D eigenvalue weighted by molar-refractivity contribution is 5.75. The van der Waals surface area contributed by atoms with Gasteiger partial charge in [0.25, 0.3) is 0 Å². The molecule has 0 radical (unpaired) electrons. The van der Waals surface area contributed by atoms with Gasteiger partial charge in [0.05, 0.1) is 12.4 Å². The van der Waals surface area contributed by atoms with Crippen molar-refractivity contribution in [3.05, 3.63) is 41.7 Å². The number of hydrogen-bond donors (Lipinski definition) is 2. The first-order valence-corrected chi connectivity index (χ1v) is 14.4. The van der Waals surface area contributed by atoms with Crippen molar-refractivity contribution < 1.29 is 24.5 Å². The summed E-state index contributed by atoms with van der Waals surface area (Å²) in [5.41, 5.74) is 2.03. The molecular formula is C31H51NO5. The molecule has 2 N–H and O–H groups in total. The van der Waals surface area contributed by atoms with Crippen LogP contribution in [0.4, 0.5) is 0 Å². The monoisotopic (exact) mass is 517 g/mol. The first kappa shape index (κ1) is 32.7. The summed E-state index contributed by atoms with van der Waals surface area (Å²) in [6.45, 7) is 2.23. The van der Waals surface area contributed by atoms with Crippen molar-refractivity contribution in [1.29, 1.82) is 0 Å². The van der Waals surface area contributed by atoms with Crippen molar-refractivity contribution in [3.8, 4) is 5.75 Å². The lowest BCUT2D eigenvalue weighted by molar-refractivity contribution is -0.137. The molecule has 0 aliphatic rings. The number of rotatable bonds is 22. The van der Waals surface area contributed by atoms with Gasteiger partial charge in [-0.25, -0.2) is 0 Å². The molecule has 1 aromatic rings. The summed E-state index contributed by atoms with van der Waals surface area (Å²) in [7, 11) is 3.54. The zero-order valence-corrected chi connectivity index (χ0v) is 23.6. The van der Waals surface area contributed by atoms with Crippen molar-refractivity contribution in [2.45, 2.75) is 122 Å². The Labute approximate surface area is 225 Å². The number of allylic oxidation sites excluding steroid dienone is 1. The first-order valence-electron chi connectivity index (χ1n) is 14.4. The molecule has 0 fully saturated rings. The Morgan fingerprint density at radius 2 is 1.62 bits per heavy atom. The molecule has 0 aromatic heterocycles. The van der Waals surface area contributed by atoms with Gasteiger partial charge < -0.3 is 19.8 Å². The minimum atomic E-state index is -0.826. The van der Waals surface area contributed by atoms with Crippen LogP contribution in [0.3, 0.4) is 0 Å². The fourth-order valence-corrected chi connectivity index (χ4v) is 4.31. The molecule has 1 atom stereocenters. The predicted octanol–water partition coefficient (Wildman–Crippen LogP) is 7.07. The number of nitrogens with zero attached hydrogens (tertiary/aromatic N) is 1. The second-order valence-electron chi connectivity index (χ2n) is 10.3. The molecule has 0 aliphatic carbocycles. The molecule has 1 amide bonds. The second-order valence-corrected chi connectivity index (χ2v) is 10.3. The molecule has 0 saturated carbocycles. The molecule has 1 rings (SSSR count). The number of benzene rings is 1. The fraction of sp³-hybridized carbons (Fsp3) is 0.677. The van der Waals surface area contributed by atoms with Crippen molar-refractivity contribution in [2.75, 3.05) is 14.1 Å². The van der Waals surface area contributed by atoms with Crippen molar-refractivity contribution in [3.63, 3.8) is 0 Å². The Balaban J connectivity index is 2.38. The lowest BCUT2D eigenvalue weighted by atomic mass is 10.0. The van der Waals surface area contributed by atoms with Crippen LogP contribution in [0.1, 0.15) is 114 Å². The number of carboxylic acids is 1. The Morgan fingerprint density at radius 3 is 2.32 bits per heavy atom. The van der Waals surface area contributed by atoms with Gasteiger partial charge >= 0.3 is 5.97 Å². The van der Waals surface area contributed by atoms with Gasteiger partial charge in [0.2, 0.25) is 5.91 Å². The van der Waals surface area contributed by atoms with Gasteiger partial charge in [0.15, 0.2) is 0 Å². The molecule has 6 nitrogen and oxygen atoms in total. The number of ether oxygens (including phenoxy) is 1.